The Morgan fingerprint density at radius 3 is 2.11 bits per heavy atom. The van der Waals surface area contributed by atoms with E-state index in [1.54, 1.807) is 0 Å². The average molecular weight is 386 g/mol. The minimum atomic E-state index is -0.269. The molecule has 0 spiro atoms. The number of unbranched alkanes of at least 4 members (excludes halogenated alkanes) is 3. The quantitative estimate of drug-likeness (QED) is 0.264. The van der Waals surface area contributed by atoms with Crippen LogP contribution in [0.1, 0.15) is 71.1 Å². The minimum Gasteiger partial charge on any atom is -0.381 e. The second-order valence-corrected chi connectivity index (χ2v) is 8.00. The van der Waals surface area contributed by atoms with Gasteiger partial charge in [-0.3, -0.25) is 10.0 Å². The standard InChI is InChI=1S/C21H39NO5/c1-3-4-5-6-13-25-15-11-17-18(20-10-9-19(17)27-20)12-16-26-14-7-8-21(23)22(2)24/h17-20,24H,3-16H2,1-2H3/t17-,18+,19-,20+/m0/s1. The molecular formula is C21H39NO5. The first-order valence-electron chi connectivity index (χ1n) is 10.9. The van der Waals surface area contributed by atoms with Crippen LogP contribution in [-0.2, 0) is 19.0 Å². The number of carbonyl (C=O) groups is 1. The zero-order valence-corrected chi connectivity index (χ0v) is 17.2. The van der Waals surface area contributed by atoms with E-state index in [0.717, 1.165) is 32.7 Å². The Hall–Kier alpha value is -0.690. The summed E-state index contributed by atoms with van der Waals surface area (Å²) in [7, 11) is 1.35. The molecule has 2 bridgehead atoms. The summed E-state index contributed by atoms with van der Waals surface area (Å²) in [6.45, 7) is 5.24. The molecule has 1 amide bonds. The first kappa shape index (κ1) is 22.6. The average Bonchev–Trinajstić information content (AvgIpc) is 3.25. The van der Waals surface area contributed by atoms with Gasteiger partial charge in [0, 0.05) is 39.9 Å². The predicted molar refractivity (Wildman–Crippen MR) is 104 cm³/mol. The van der Waals surface area contributed by atoms with Gasteiger partial charge < -0.3 is 14.2 Å². The lowest BCUT2D eigenvalue weighted by atomic mass is 9.76. The van der Waals surface area contributed by atoms with E-state index in [4.69, 9.17) is 19.4 Å². The summed E-state index contributed by atoms with van der Waals surface area (Å²) in [6, 6.07) is 0. The maximum absolute atomic E-state index is 11.3. The number of hydrogen-bond acceptors (Lipinski definition) is 5. The molecule has 0 aliphatic carbocycles. The Morgan fingerprint density at radius 2 is 1.56 bits per heavy atom. The molecule has 6 nitrogen and oxygen atoms in total. The summed E-state index contributed by atoms with van der Waals surface area (Å²) in [5.41, 5.74) is 0. The van der Waals surface area contributed by atoms with Crippen LogP contribution in [0.3, 0.4) is 0 Å². The summed E-state index contributed by atoms with van der Waals surface area (Å²) in [5, 5.41) is 9.66. The van der Waals surface area contributed by atoms with E-state index < -0.39 is 0 Å². The van der Waals surface area contributed by atoms with Crippen molar-refractivity contribution in [2.45, 2.75) is 83.3 Å². The van der Waals surface area contributed by atoms with Crippen LogP contribution >= 0.6 is 0 Å². The van der Waals surface area contributed by atoms with E-state index in [-0.39, 0.29) is 5.91 Å². The van der Waals surface area contributed by atoms with Crippen molar-refractivity contribution in [3.8, 4) is 0 Å². The van der Waals surface area contributed by atoms with Crippen LogP contribution in [0.5, 0.6) is 0 Å². The fraction of sp³-hybridized carbons (Fsp3) is 0.952. The Balaban J connectivity index is 1.56. The number of hydroxylamine groups is 2. The molecule has 2 rings (SSSR count). The molecule has 2 aliphatic heterocycles. The van der Waals surface area contributed by atoms with E-state index in [1.807, 2.05) is 0 Å². The van der Waals surface area contributed by atoms with E-state index in [9.17, 15) is 4.79 Å². The molecule has 158 valence electrons. The molecule has 27 heavy (non-hydrogen) atoms. The van der Waals surface area contributed by atoms with E-state index in [2.05, 4.69) is 6.92 Å². The molecule has 0 aromatic heterocycles. The third-order valence-corrected chi connectivity index (χ3v) is 5.96. The molecule has 0 saturated carbocycles. The predicted octanol–water partition coefficient (Wildman–Crippen LogP) is 3.80. The van der Waals surface area contributed by atoms with Crippen LogP contribution < -0.4 is 0 Å². The van der Waals surface area contributed by atoms with Gasteiger partial charge >= 0.3 is 0 Å². The Morgan fingerprint density at radius 1 is 0.963 bits per heavy atom. The van der Waals surface area contributed by atoms with Crippen molar-refractivity contribution < 1.29 is 24.2 Å². The molecule has 0 aromatic carbocycles. The maximum Gasteiger partial charge on any atom is 0.245 e. The SMILES string of the molecule is CCCCCCOCC[C@H]1[C@@H](CCOCCCC(=O)N(C)O)[C@H]2CC[C@@H]1O2. The molecule has 0 aromatic rings. The lowest BCUT2D eigenvalue weighted by Crippen LogP contribution is -2.29. The topological polar surface area (TPSA) is 68.2 Å². The zero-order chi connectivity index (χ0) is 19.5. The fourth-order valence-corrected chi connectivity index (χ4v) is 4.43. The highest BCUT2D eigenvalue weighted by molar-refractivity contribution is 5.74. The summed E-state index contributed by atoms with van der Waals surface area (Å²) in [5.74, 6) is 0.917. The van der Waals surface area contributed by atoms with Gasteiger partial charge in [-0.2, -0.15) is 0 Å². The molecule has 2 saturated heterocycles. The zero-order valence-electron chi connectivity index (χ0n) is 17.2. The highest BCUT2D eigenvalue weighted by Crippen LogP contribution is 2.46. The molecule has 0 radical (unpaired) electrons. The molecule has 6 heteroatoms. The number of fused-ring (bicyclic) bond motifs is 2. The van der Waals surface area contributed by atoms with Crippen LogP contribution in [0.15, 0.2) is 0 Å². The van der Waals surface area contributed by atoms with Gasteiger partial charge in [-0.05, 0) is 50.4 Å². The van der Waals surface area contributed by atoms with Gasteiger partial charge in [0.1, 0.15) is 0 Å². The van der Waals surface area contributed by atoms with E-state index in [1.165, 1.54) is 45.6 Å². The van der Waals surface area contributed by atoms with Crippen molar-refractivity contribution in [3.05, 3.63) is 0 Å². The van der Waals surface area contributed by atoms with Crippen molar-refractivity contribution in [3.63, 3.8) is 0 Å². The van der Waals surface area contributed by atoms with Crippen LogP contribution in [-0.4, -0.2) is 61.9 Å². The van der Waals surface area contributed by atoms with E-state index >= 15 is 0 Å². The summed E-state index contributed by atoms with van der Waals surface area (Å²) < 4.78 is 17.7. The van der Waals surface area contributed by atoms with Gasteiger partial charge in [0.15, 0.2) is 0 Å². The largest absolute Gasteiger partial charge is 0.381 e. The van der Waals surface area contributed by atoms with Gasteiger partial charge in [0.2, 0.25) is 5.91 Å². The van der Waals surface area contributed by atoms with Crippen LogP contribution in [0, 0.1) is 11.8 Å². The number of amides is 1. The Labute approximate surface area is 164 Å². The molecule has 2 heterocycles. The number of nitrogens with zero attached hydrogens (tertiary/aromatic N) is 1. The lowest BCUT2D eigenvalue weighted by molar-refractivity contribution is -0.159. The Bertz CT molecular complexity index is 417. The molecular weight excluding hydrogens is 346 g/mol. The summed E-state index contributed by atoms with van der Waals surface area (Å²) in [4.78, 5) is 11.3. The van der Waals surface area contributed by atoms with Gasteiger partial charge in [0.05, 0.1) is 12.2 Å². The van der Waals surface area contributed by atoms with Gasteiger partial charge in [0.25, 0.3) is 0 Å². The van der Waals surface area contributed by atoms with Crippen molar-refractivity contribution in [2.24, 2.45) is 11.8 Å². The van der Waals surface area contributed by atoms with Crippen molar-refractivity contribution >= 4 is 5.91 Å². The number of ether oxygens (including phenoxy) is 3. The lowest BCUT2D eigenvalue weighted by Gasteiger charge is -2.28. The van der Waals surface area contributed by atoms with Crippen molar-refractivity contribution in [2.75, 3.05) is 33.5 Å². The molecule has 4 atom stereocenters. The third-order valence-electron chi connectivity index (χ3n) is 5.96. The summed E-state index contributed by atoms with van der Waals surface area (Å²) >= 11 is 0. The number of hydrogen-bond donors (Lipinski definition) is 1. The van der Waals surface area contributed by atoms with Crippen molar-refractivity contribution in [1.29, 1.82) is 0 Å². The molecule has 0 unspecified atom stereocenters. The summed E-state index contributed by atoms with van der Waals surface area (Å²) in [6.07, 6.45) is 11.3. The van der Waals surface area contributed by atoms with E-state index in [0.29, 0.717) is 48.6 Å². The smallest absolute Gasteiger partial charge is 0.245 e. The monoisotopic (exact) mass is 385 g/mol. The van der Waals surface area contributed by atoms with Crippen LogP contribution in [0.25, 0.3) is 0 Å². The first-order chi connectivity index (χ1) is 13.1. The third kappa shape index (κ3) is 7.68. The molecule has 1 N–H and O–H groups in total. The van der Waals surface area contributed by atoms with Crippen molar-refractivity contribution in [1.82, 2.24) is 5.06 Å². The molecule has 2 fully saturated rings. The molecule has 2 aliphatic rings. The second kappa shape index (κ2) is 12.7. The number of carbonyl (C=O) groups excluding carboxylic acids is 1. The first-order valence-corrected chi connectivity index (χ1v) is 10.9. The van der Waals surface area contributed by atoms with Gasteiger partial charge in [-0.25, -0.2) is 5.06 Å². The van der Waals surface area contributed by atoms with Gasteiger partial charge in [-0.1, -0.05) is 26.2 Å². The van der Waals surface area contributed by atoms with Crippen LogP contribution in [0.4, 0.5) is 0 Å². The Kier molecular flexibility index (Phi) is 10.6. The van der Waals surface area contributed by atoms with Gasteiger partial charge in [-0.15, -0.1) is 0 Å². The van der Waals surface area contributed by atoms with Crippen LogP contribution in [0.2, 0.25) is 0 Å². The number of rotatable bonds is 15. The fourth-order valence-electron chi connectivity index (χ4n) is 4.43. The highest BCUT2D eigenvalue weighted by Gasteiger charge is 2.47. The maximum atomic E-state index is 11.3. The minimum absolute atomic E-state index is 0.269. The normalized spacial score (nSPS) is 26.6. The second-order valence-electron chi connectivity index (χ2n) is 8.00. The highest BCUT2D eigenvalue weighted by atomic mass is 16.5.